The minimum atomic E-state index is -3.69. The standard InChI is InChI=1S/C14H15BrN2O3S/c1-9-3-4-10(16)7-13(9)17-21(18,19)11-5-6-14(20-2)12(15)8-11/h3-8,17H,16H2,1-2H3. The minimum absolute atomic E-state index is 0.136. The highest BCUT2D eigenvalue weighted by Gasteiger charge is 2.17. The van der Waals surface area contributed by atoms with Crippen molar-refractivity contribution in [2.24, 2.45) is 0 Å². The van der Waals surface area contributed by atoms with Crippen molar-refractivity contribution in [3.63, 3.8) is 0 Å². The summed E-state index contributed by atoms with van der Waals surface area (Å²) in [6, 6.07) is 9.63. The molecule has 0 aliphatic carbocycles. The molecule has 0 amide bonds. The van der Waals surface area contributed by atoms with E-state index in [-0.39, 0.29) is 4.90 Å². The van der Waals surface area contributed by atoms with E-state index in [1.165, 1.54) is 19.2 Å². The summed E-state index contributed by atoms with van der Waals surface area (Å²) < 4.78 is 33.0. The number of hydrogen-bond donors (Lipinski definition) is 2. The van der Waals surface area contributed by atoms with Crippen molar-refractivity contribution in [2.45, 2.75) is 11.8 Å². The Kier molecular flexibility index (Phi) is 4.43. The molecule has 2 rings (SSSR count). The minimum Gasteiger partial charge on any atom is -0.496 e. The molecule has 2 aromatic rings. The van der Waals surface area contributed by atoms with E-state index in [4.69, 9.17) is 10.5 Å². The van der Waals surface area contributed by atoms with Gasteiger partial charge in [-0.2, -0.15) is 0 Å². The fourth-order valence-electron chi connectivity index (χ4n) is 1.77. The number of nitrogen functional groups attached to an aromatic ring is 1. The number of hydrogen-bond acceptors (Lipinski definition) is 4. The van der Waals surface area contributed by atoms with Gasteiger partial charge in [0.1, 0.15) is 5.75 Å². The van der Waals surface area contributed by atoms with Crippen LogP contribution < -0.4 is 15.2 Å². The summed E-state index contributed by atoms with van der Waals surface area (Å²) in [6.45, 7) is 1.81. The Bertz CT molecular complexity index is 776. The van der Waals surface area contributed by atoms with Crippen molar-refractivity contribution in [1.29, 1.82) is 0 Å². The molecule has 0 unspecified atom stereocenters. The van der Waals surface area contributed by atoms with Crippen molar-refractivity contribution in [1.82, 2.24) is 0 Å². The molecule has 0 aliphatic heterocycles. The number of nitrogens with two attached hydrogens (primary N) is 1. The fourth-order valence-corrected chi connectivity index (χ4v) is 3.61. The zero-order valence-corrected chi connectivity index (χ0v) is 14.0. The fraction of sp³-hybridized carbons (Fsp3) is 0.143. The van der Waals surface area contributed by atoms with E-state index in [2.05, 4.69) is 20.7 Å². The lowest BCUT2D eigenvalue weighted by Gasteiger charge is -2.12. The average Bonchev–Trinajstić information content (AvgIpc) is 2.42. The van der Waals surface area contributed by atoms with Crippen LogP contribution in [0.15, 0.2) is 45.8 Å². The van der Waals surface area contributed by atoms with Crippen LogP contribution >= 0.6 is 15.9 Å². The molecule has 2 aromatic carbocycles. The second kappa shape index (κ2) is 5.95. The van der Waals surface area contributed by atoms with E-state index in [0.29, 0.717) is 21.6 Å². The molecule has 21 heavy (non-hydrogen) atoms. The molecule has 7 heteroatoms. The summed E-state index contributed by atoms with van der Waals surface area (Å²) in [4.78, 5) is 0.136. The summed E-state index contributed by atoms with van der Waals surface area (Å²) in [5.41, 5.74) is 7.43. The lowest BCUT2D eigenvalue weighted by molar-refractivity contribution is 0.411. The van der Waals surface area contributed by atoms with Gasteiger partial charge in [-0.1, -0.05) is 6.07 Å². The molecule has 0 saturated heterocycles. The van der Waals surface area contributed by atoms with Gasteiger partial charge in [-0.3, -0.25) is 4.72 Å². The number of aryl methyl sites for hydroxylation is 1. The van der Waals surface area contributed by atoms with Gasteiger partial charge in [0.2, 0.25) is 0 Å². The van der Waals surface area contributed by atoms with Gasteiger partial charge in [-0.15, -0.1) is 0 Å². The number of benzene rings is 2. The van der Waals surface area contributed by atoms with Crippen LogP contribution in [-0.2, 0) is 10.0 Å². The third-order valence-corrected chi connectivity index (χ3v) is 4.92. The van der Waals surface area contributed by atoms with Crippen LogP contribution in [0.1, 0.15) is 5.56 Å². The molecule has 0 atom stereocenters. The largest absolute Gasteiger partial charge is 0.496 e. The van der Waals surface area contributed by atoms with Crippen LogP contribution in [0, 0.1) is 6.92 Å². The predicted molar refractivity (Wildman–Crippen MR) is 87.1 cm³/mol. The summed E-state index contributed by atoms with van der Waals surface area (Å²) in [5, 5.41) is 0. The molecule has 0 spiro atoms. The third-order valence-electron chi connectivity index (χ3n) is 2.94. The van der Waals surface area contributed by atoms with Crippen molar-refractivity contribution < 1.29 is 13.2 Å². The van der Waals surface area contributed by atoms with Gasteiger partial charge in [-0.05, 0) is 58.7 Å². The molecule has 0 bridgehead atoms. The number of halogens is 1. The molecule has 112 valence electrons. The SMILES string of the molecule is COc1ccc(S(=O)(=O)Nc2cc(N)ccc2C)cc1Br. The van der Waals surface area contributed by atoms with Crippen molar-refractivity contribution in [2.75, 3.05) is 17.6 Å². The molecular formula is C14H15BrN2O3S. The Hall–Kier alpha value is -1.73. The smallest absolute Gasteiger partial charge is 0.261 e. The number of anilines is 2. The summed E-state index contributed by atoms with van der Waals surface area (Å²) >= 11 is 3.27. The van der Waals surface area contributed by atoms with Crippen LogP contribution in [0.3, 0.4) is 0 Å². The second-order valence-electron chi connectivity index (χ2n) is 4.48. The van der Waals surface area contributed by atoms with Crippen LogP contribution in [0.4, 0.5) is 11.4 Å². The van der Waals surface area contributed by atoms with Crippen molar-refractivity contribution >= 4 is 37.3 Å². The first-order chi connectivity index (χ1) is 9.83. The maximum atomic E-state index is 12.4. The lowest BCUT2D eigenvalue weighted by Crippen LogP contribution is -2.14. The Morgan fingerprint density at radius 3 is 2.52 bits per heavy atom. The molecule has 0 aliphatic rings. The normalized spacial score (nSPS) is 11.2. The zero-order chi connectivity index (χ0) is 15.6. The van der Waals surface area contributed by atoms with Crippen LogP contribution in [0.5, 0.6) is 5.75 Å². The van der Waals surface area contributed by atoms with Gasteiger partial charge in [0.05, 0.1) is 22.2 Å². The van der Waals surface area contributed by atoms with Gasteiger partial charge < -0.3 is 10.5 Å². The van der Waals surface area contributed by atoms with Gasteiger partial charge >= 0.3 is 0 Å². The van der Waals surface area contributed by atoms with Crippen LogP contribution in [0.2, 0.25) is 0 Å². The molecule has 0 radical (unpaired) electrons. The number of methoxy groups -OCH3 is 1. The molecule has 0 saturated carbocycles. The first kappa shape index (κ1) is 15.7. The van der Waals surface area contributed by atoms with Gasteiger partial charge in [-0.25, -0.2) is 8.42 Å². The summed E-state index contributed by atoms with van der Waals surface area (Å²) in [5.74, 6) is 0.564. The first-order valence-corrected chi connectivity index (χ1v) is 8.33. The third kappa shape index (κ3) is 3.48. The topological polar surface area (TPSA) is 81.4 Å². The van der Waals surface area contributed by atoms with Gasteiger partial charge in [0.15, 0.2) is 0 Å². The zero-order valence-electron chi connectivity index (χ0n) is 11.6. The molecule has 0 heterocycles. The Morgan fingerprint density at radius 2 is 1.90 bits per heavy atom. The van der Waals surface area contributed by atoms with Gasteiger partial charge in [0.25, 0.3) is 10.0 Å². The number of nitrogens with one attached hydrogen (secondary N) is 1. The monoisotopic (exact) mass is 370 g/mol. The van der Waals surface area contributed by atoms with E-state index >= 15 is 0 Å². The number of ether oxygens (including phenoxy) is 1. The maximum absolute atomic E-state index is 12.4. The Morgan fingerprint density at radius 1 is 1.19 bits per heavy atom. The number of sulfonamides is 1. The summed E-state index contributed by atoms with van der Waals surface area (Å²) in [7, 11) is -2.17. The lowest BCUT2D eigenvalue weighted by atomic mass is 10.2. The van der Waals surface area contributed by atoms with E-state index in [0.717, 1.165) is 5.56 Å². The molecular weight excluding hydrogens is 356 g/mol. The number of rotatable bonds is 4. The second-order valence-corrected chi connectivity index (χ2v) is 7.01. The highest BCUT2D eigenvalue weighted by Crippen LogP contribution is 2.29. The van der Waals surface area contributed by atoms with E-state index in [9.17, 15) is 8.42 Å². The van der Waals surface area contributed by atoms with Crippen LogP contribution in [-0.4, -0.2) is 15.5 Å². The highest BCUT2D eigenvalue weighted by molar-refractivity contribution is 9.10. The maximum Gasteiger partial charge on any atom is 0.261 e. The van der Waals surface area contributed by atoms with E-state index in [1.807, 2.05) is 0 Å². The van der Waals surface area contributed by atoms with Gasteiger partial charge in [0, 0.05) is 5.69 Å². The molecule has 5 nitrogen and oxygen atoms in total. The van der Waals surface area contributed by atoms with Crippen LogP contribution in [0.25, 0.3) is 0 Å². The first-order valence-electron chi connectivity index (χ1n) is 6.06. The average molecular weight is 371 g/mol. The molecule has 3 N–H and O–H groups in total. The molecule has 0 fully saturated rings. The highest BCUT2D eigenvalue weighted by atomic mass is 79.9. The Labute approximate surface area is 132 Å². The van der Waals surface area contributed by atoms with E-state index < -0.39 is 10.0 Å². The quantitative estimate of drug-likeness (QED) is 0.809. The predicted octanol–water partition coefficient (Wildman–Crippen LogP) is 3.15. The summed E-state index contributed by atoms with van der Waals surface area (Å²) in [6.07, 6.45) is 0. The molecule has 0 aromatic heterocycles. The van der Waals surface area contributed by atoms with E-state index in [1.54, 1.807) is 31.2 Å². The Balaban J connectivity index is 2.38. The van der Waals surface area contributed by atoms with Crippen molar-refractivity contribution in [3.8, 4) is 5.75 Å². The van der Waals surface area contributed by atoms with Crippen molar-refractivity contribution in [3.05, 3.63) is 46.4 Å².